The van der Waals surface area contributed by atoms with Crippen LogP contribution in [0.15, 0.2) is 91.3 Å². The Morgan fingerprint density at radius 1 is 0.759 bits per heavy atom. The second kappa shape index (κ2) is 8.44. The van der Waals surface area contributed by atoms with Gasteiger partial charge >= 0.3 is 0 Å². The molecular weight excluding hydrogens is 364 g/mol. The minimum atomic E-state index is -0.172. The fourth-order valence-corrected chi connectivity index (χ4v) is 3.21. The highest BCUT2D eigenvalue weighted by atomic mass is 16.5. The van der Waals surface area contributed by atoms with Gasteiger partial charge in [0.1, 0.15) is 12.4 Å². The van der Waals surface area contributed by atoms with Gasteiger partial charge in [0.15, 0.2) is 11.5 Å². The van der Waals surface area contributed by atoms with Crippen LogP contribution in [-0.2, 0) is 6.61 Å². The summed E-state index contributed by atoms with van der Waals surface area (Å²) >= 11 is 0. The van der Waals surface area contributed by atoms with E-state index in [2.05, 4.69) is 9.97 Å². The van der Waals surface area contributed by atoms with Gasteiger partial charge < -0.3 is 14.9 Å². The van der Waals surface area contributed by atoms with Crippen molar-refractivity contribution in [3.8, 4) is 17.2 Å². The molecule has 2 N–H and O–H groups in total. The van der Waals surface area contributed by atoms with Crippen LogP contribution in [0.25, 0.3) is 0 Å². The molecule has 144 valence electrons. The van der Waals surface area contributed by atoms with Crippen molar-refractivity contribution < 1.29 is 14.9 Å². The maximum absolute atomic E-state index is 10.3. The SMILES string of the molecule is Oc1ccc(C(c2ccc(O)c(OCc3ccccn3)c2)c2ccccn2)cc1. The molecule has 0 spiro atoms. The number of hydrogen-bond donors (Lipinski definition) is 2. The summed E-state index contributed by atoms with van der Waals surface area (Å²) in [6.45, 7) is 0.255. The Balaban J connectivity index is 1.70. The molecule has 2 aromatic carbocycles. The van der Waals surface area contributed by atoms with Crippen LogP contribution in [0.5, 0.6) is 17.2 Å². The average molecular weight is 384 g/mol. The predicted molar refractivity (Wildman–Crippen MR) is 110 cm³/mol. The fraction of sp³-hybridized carbons (Fsp3) is 0.0833. The third kappa shape index (κ3) is 4.35. The van der Waals surface area contributed by atoms with Crippen LogP contribution >= 0.6 is 0 Å². The molecule has 0 aliphatic heterocycles. The fourth-order valence-electron chi connectivity index (χ4n) is 3.21. The van der Waals surface area contributed by atoms with Gasteiger partial charge in [-0.2, -0.15) is 0 Å². The lowest BCUT2D eigenvalue weighted by atomic mass is 9.88. The Bertz CT molecular complexity index is 1070. The van der Waals surface area contributed by atoms with Crippen LogP contribution < -0.4 is 4.74 Å². The predicted octanol–water partition coefficient (Wildman–Crippen LogP) is 4.65. The van der Waals surface area contributed by atoms with Crippen molar-refractivity contribution in [1.82, 2.24) is 9.97 Å². The van der Waals surface area contributed by atoms with Gasteiger partial charge in [-0.15, -0.1) is 0 Å². The first-order chi connectivity index (χ1) is 14.2. The molecule has 1 unspecified atom stereocenters. The highest BCUT2D eigenvalue weighted by Gasteiger charge is 2.20. The molecule has 0 fully saturated rings. The number of benzene rings is 2. The molecule has 0 aliphatic carbocycles. The van der Waals surface area contributed by atoms with Gasteiger partial charge in [-0.05, 0) is 59.7 Å². The number of nitrogens with zero attached hydrogens (tertiary/aromatic N) is 2. The first kappa shape index (κ1) is 18.5. The molecule has 0 radical (unpaired) electrons. The number of rotatable bonds is 6. The topological polar surface area (TPSA) is 75.5 Å². The Morgan fingerprint density at radius 2 is 1.48 bits per heavy atom. The lowest BCUT2D eigenvalue weighted by Crippen LogP contribution is -2.06. The van der Waals surface area contributed by atoms with Gasteiger partial charge in [-0.1, -0.05) is 30.3 Å². The summed E-state index contributed by atoms with van der Waals surface area (Å²) < 4.78 is 5.83. The molecule has 5 heteroatoms. The third-order valence-corrected chi connectivity index (χ3v) is 4.63. The molecule has 4 aromatic rings. The number of pyridine rings is 2. The number of ether oxygens (including phenoxy) is 1. The summed E-state index contributed by atoms with van der Waals surface area (Å²) in [4.78, 5) is 8.77. The zero-order valence-electron chi connectivity index (χ0n) is 15.6. The summed E-state index contributed by atoms with van der Waals surface area (Å²) in [5.41, 5.74) is 3.53. The van der Waals surface area contributed by atoms with Crippen LogP contribution in [0.3, 0.4) is 0 Å². The monoisotopic (exact) mass is 384 g/mol. The molecular formula is C24H20N2O3. The van der Waals surface area contributed by atoms with E-state index in [-0.39, 0.29) is 24.0 Å². The van der Waals surface area contributed by atoms with Crippen molar-refractivity contribution in [3.63, 3.8) is 0 Å². The number of aromatic hydroxyl groups is 2. The summed E-state index contributed by atoms with van der Waals surface area (Å²) in [6, 6.07) is 23.7. The second-order valence-corrected chi connectivity index (χ2v) is 6.62. The Hall–Kier alpha value is -3.86. The largest absolute Gasteiger partial charge is 0.508 e. The van der Waals surface area contributed by atoms with Gasteiger partial charge in [-0.25, -0.2) is 0 Å². The minimum absolute atomic E-state index is 0.0650. The highest BCUT2D eigenvalue weighted by Crippen LogP contribution is 2.36. The van der Waals surface area contributed by atoms with E-state index in [1.165, 1.54) is 0 Å². The van der Waals surface area contributed by atoms with E-state index in [1.54, 1.807) is 30.6 Å². The molecule has 5 nitrogen and oxygen atoms in total. The van der Waals surface area contributed by atoms with Crippen molar-refractivity contribution in [2.75, 3.05) is 0 Å². The van der Waals surface area contributed by atoms with Crippen LogP contribution in [0.2, 0.25) is 0 Å². The molecule has 0 aliphatic rings. The maximum atomic E-state index is 10.3. The quantitative estimate of drug-likeness (QED) is 0.506. The molecule has 4 rings (SSSR count). The van der Waals surface area contributed by atoms with Gasteiger partial charge in [0, 0.05) is 12.4 Å². The second-order valence-electron chi connectivity index (χ2n) is 6.62. The van der Waals surface area contributed by atoms with Crippen LogP contribution in [-0.4, -0.2) is 20.2 Å². The maximum Gasteiger partial charge on any atom is 0.161 e. The van der Waals surface area contributed by atoms with Gasteiger partial charge in [0.25, 0.3) is 0 Å². The van der Waals surface area contributed by atoms with E-state index in [9.17, 15) is 10.2 Å². The van der Waals surface area contributed by atoms with Crippen LogP contribution in [0, 0.1) is 0 Å². The summed E-state index contributed by atoms with van der Waals surface area (Å²) in [7, 11) is 0. The van der Waals surface area contributed by atoms with Gasteiger partial charge in [0.2, 0.25) is 0 Å². The smallest absolute Gasteiger partial charge is 0.161 e. The number of hydrogen-bond acceptors (Lipinski definition) is 5. The van der Waals surface area contributed by atoms with E-state index in [1.807, 2.05) is 60.7 Å². The van der Waals surface area contributed by atoms with Crippen molar-refractivity contribution in [1.29, 1.82) is 0 Å². The van der Waals surface area contributed by atoms with Crippen molar-refractivity contribution in [2.45, 2.75) is 12.5 Å². The van der Waals surface area contributed by atoms with E-state index in [0.29, 0.717) is 5.75 Å². The third-order valence-electron chi connectivity index (χ3n) is 4.63. The first-order valence-electron chi connectivity index (χ1n) is 9.26. The molecule has 0 saturated carbocycles. The van der Waals surface area contributed by atoms with Crippen molar-refractivity contribution in [3.05, 3.63) is 114 Å². The van der Waals surface area contributed by atoms with Gasteiger partial charge in [-0.3, -0.25) is 9.97 Å². The number of phenolic OH excluding ortho intramolecular Hbond substituents is 2. The molecule has 29 heavy (non-hydrogen) atoms. The van der Waals surface area contributed by atoms with E-state index < -0.39 is 0 Å². The summed E-state index contributed by atoms with van der Waals surface area (Å²) in [6.07, 6.45) is 3.46. The Kier molecular flexibility index (Phi) is 5.38. The number of aromatic nitrogens is 2. The lowest BCUT2D eigenvalue weighted by molar-refractivity contribution is 0.284. The zero-order valence-corrected chi connectivity index (χ0v) is 15.6. The molecule has 1 atom stereocenters. The Morgan fingerprint density at radius 3 is 2.17 bits per heavy atom. The first-order valence-corrected chi connectivity index (χ1v) is 9.26. The van der Waals surface area contributed by atoms with Crippen molar-refractivity contribution >= 4 is 0 Å². The Labute approximate surface area is 168 Å². The summed E-state index contributed by atoms with van der Waals surface area (Å²) in [5.74, 6) is 0.483. The molecule has 0 bridgehead atoms. The minimum Gasteiger partial charge on any atom is -0.508 e. The molecule has 0 amide bonds. The van der Waals surface area contributed by atoms with Crippen molar-refractivity contribution in [2.24, 2.45) is 0 Å². The average Bonchev–Trinajstić information content (AvgIpc) is 2.77. The number of phenols is 2. The standard InChI is InChI=1S/C24H20N2O3/c27-20-10-7-17(8-11-20)24(21-6-2-4-14-26-21)18-9-12-22(28)23(15-18)29-16-19-5-1-3-13-25-19/h1-15,24,27-28H,16H2. The zero-order chi connectivity index (χ0) is 20.1. The summed E-state index contributed by atoms with van der Waals surface area (Å²) in [5, 5.41) is 19.9. The van der Waals surface area contributed by atoms with Crippen LogP contribution in [0.4, 0.5) is 0 Å². The van der Waals surface area contributed by atoms with E-state index >= 15 is 0 Å². The highest BCUT2D eigenvalue weighted by molar-refractivity contribution is 5.49. The van der Waals surface area contributed by atoms with Crippen LogP contribution in [0.1, 0.15) is 28.4 Å². The molecule has 0 saturated heterocycles. The van der Waals surface area contributed by atoms with E-state index in [0.717, 1.165) is 22.5 Å². The van der Waals surface area contributed by atoms with Gasteiger partial charge in [0.05, 0.1) is 17.3 Å². The van der Waals surface area contributed by atoms with E-state index in [4.69, 9.17) is 4.74 Å². The lowest BCUT2D eigenvalue weighted by Gasteiger charge is -2.19. The molecule has 2 heterocycles. The molecule has 2 aromatic heterocycles. The normalized spacial score (nSPS) is 11.7.